The van der Waals surface area contributed by atoms with Crippen molar-refractivity contribution in [2.45, 2.75) is 19.3 Å². The molecule has 1 amide bonds. The Kier molecular flexibility index (Phi) is 3.96. The van der Waals surface area contributed by atoms with Gasteiger partial charge in [-0.05, 0) is 37.1 Å². The van der Waals surface area contributed by atoms with E-state index in [1.54, 1.807) is 12.1 Å². The predicted octanol–water partition coefficient (Wildman–Crippen LogP) is 2.22. The molecule has 0 unspecified atom stereocenters. The Morgan fingerprint density at radius 2 is 2.06 bits per heavy atom. The van der Waals surface area contributed by atoms with Gasteiger partial charge in [0.05, 0.1) is 6.61 Å². The van der Waals surface area contributed by atoms with Crippen LogP contribution >= 0.6 is 0 Å². The molecular formula is C13H16FNO2. The third kappa shape index (κ3) is 3.44. The number of amides is 1. The van der Waals surface area contributed by atoms with E-state index in [0.29, 0.717) is 18.8 Å². The molecule has 1 fully saturated rings. The van der Waals surface area contributed by atoms with Crippen LogP contribution in [-0.4, -0.2) is 30.5 Å². The lowest BCUT2D eigenvalue weighted by Gasteiger charge is -2.15. The third-order valence-electron chi connectivity index (χ3n) is 2.83. The number of carbonyl (C=O) groups excluding carboxylic acids is 1. The van der Waals surface area contributed by atoms with Crippen molar-refractivity contribution in [2.75, 3.05) is 19.7 Å². The highest BCUT2D eigenvalue weighted by Gasteiger charge is 2.18. The van der Waals surface area contributed by atoms with Crippen LogP contribution in [0.1, 0.15) is 19.3 Å². The van der Waals surface area contributed by atoms with Crippen molar-refractivity contribution in [3.05, 3.63) is 30.1 Å². The number of carbonyl (C=O) groups is 1. The number of rotatable bonds is 5. The summed E-state index contributed by atoms with van der Waals surface area (Å²) in [4.78, 5) is 13.2. The quantitative estimate of drug-likeness (QED) is 0.735. The topological polar surface area (TPSA) is 29.5 Å². The molecule has 0 aromatic heterocycles. The van der Waals surface area contributed by atoms with Crippen LogP contribution in [0.2, 0.25) is 0 Å². The highest BCUT2D eigenvalue weighted by atomic mass is 19.1. The summed E-state index contributed by atoms with van der Waals surface area (Å²) >= 11 is 0. The van der Waals surface area contributed by atoms with Gasteiger partial charge in [-0.2, -0.15) is 0 Å². The molecule has 0 atom stereocenters. The van der Waals surface area contributed by atoms with Crippen LogP contribution in [-0.2, 0) is 4.79 Å². The molecular weight excluding hydrogens is 221 g/mol. The van der Waals surface area contributed by atoms with Crippen LogP contribution in [0.15, 0.2) is 24.3 Å². The molecule has 17 heavy (non-hydrogen) atoms. The van der Waals surface area contributed by atoms with Gasteiger partial charge in [0.15, 0.2) is 0 Å². The minimum absolute atomic E-state index is 0.242. The summed E-state index contributed by atoms with van der Waals surface area (Å²) in [5, 5.41) is 0. The molecule has 0 spiro atoms. The Hall–Kier alpha value is -1.58. The number of likely N-dealkylation sites (tertiary alicyclic amines) is 1. The van der Waals surface area contributed by atoms with Gasteiger partial charge in [0.1, 0.15) is 11.6 Å². The molecule has 3 nitrogen and oxygen atoms in total. The van der Waals surface area contributed by atoms with E-state index in [2.05, 4.69) is 0 Å². The van der Waals surface area contributed by atoms with Gasteiger partial charge >= 0.3 is 0 Å². The first kappa shape index (κ1) is 11.9. The summed E-state index contributed by atoms with van der Waals surface area (Å²) in [6, 6.07) is 5.96. The number of nitrogens with zero attached hydrogens (tertiary/aromatic N) is 1. The Morgan fingerprint density at radius 3 is 2.71 bits per heavy atom. The van der Waals surface area contributed by atoms with E-state index < -0.39 is 0 Å². The second kappa shape index (κ2) is 5.66. The van der Waals surface area contributed by atoms with Crippen molar-refractivity contribution < 1.29 is 13.9 Å². The van der Waals surface area contributed by atoms with Gasteiger partial charge in [0.25, 0.3) is 0 Å². The van der Waals surface area contributed by atoms with Crippen molar-refractivity contribution in [3.63, 3.8) is 0 Å². The fraction of sp³-hybridized carbons (Fsp3) is 0.462. The summed E-state index contributed by atoms with van der Waals surface area (Å²) in [5.41, 5.74) is 0. The van der Waals surface area contributed by atoms with Crippen molar-refractivity contribution in [1.82, 2.24) is 4.90 Å². The van der Waals surface area contributed by atoms with Gasteiger partial charge in [-0.15, -0.1) is 0 Å². The molecule has 92 valence electrons. The molecule has 1 aliphatic heterocycles. The molecule has 1 aromatic carbocycles. The third-order valence-corrected chi connectivity index (χ3v) is 2.83. The maximum Gasteiger partial charge on any atom is 0.222 e. The Labute approximate surface area is 100 Å². The fourth-order valence-electron chi connectivity index (χ4n) is 1.92. The molecule has 0 N–H and O–H groups in total. The first-order valence-electron chi connectivity index (χ1n) is 5.92. The predicted molar refractivity (Wildman–Crippen MR) is 62.3 cm³/mol. The largest absolute Gasteiger partial charge is 0.494 e. The van der Waals surface area contributed by atoms with Crippen LogP contribution in [0.3, 0.4) is 0 Å². The molecule has 1 aromatic rings. The van der Waals surface area contributed by atoms with Crippen LogP contribution in [0.4, 0.5) is 4.39 Å². The van der Waals surface area contributed by atoms with Gasteiger partial charge in [-0.3, -0.25) is 4.79 Å². The molecule has 2 rings (SSSR count). The maximum atomic E-state index is 12.6. The standard InChI is InChI=1S/C13H16FNO2/c14-11-4-6-12(7-5-11)17-10-2-9-15-8-1-3-13(15)16/h4-7H,1-3,8-10H2. The number of ether oxygens (including phenoxy) is 1. The highest BCUT2D eigenvalue weighted by molar-refractivity contribution is 5.77. The average molecular weight is 237 g/mol. The normalized spacial score (nSPS) is 15.4. The number of hydrogen-bond donors (Lipinski definition) is 0. The van der Waals surface area contributed by atoms with Crippen molar-refractivity contribution >= 4 is 5.91 Å². The van der Waals surface area contributed by atoms with Gasteiger partial charge in [0.2, 0.25) is 5.91 Å². The molecule has 4 heteroatoms. The molecule has 0 bridgehead atoms. The van der Waals surface area contributed by atoms with E-state index in [1.807, 2.05) is 4.90 Å². The Morgan fingerprint density at radius 1 is 1.29 bits per heavy atom. The van der Waals surface area contributed by atoms with Crippen LogP contribution in [0.5, 0.6) is 5.75 Å². The molecule has 0 aliphatic carbocycles. The lowest BCUT2D eigenvalue weighted by molar-refractivity contribution is -0.127. The fourth-order valence-corrected chi connectivity index (χ4v) is 1.92. The van der Waals surface area contributed by atoms with Gasteiger partial charge in [-0.25, -0.2) is 4.39 Å². The summed E-state index contributed by atoms with van der Waals surface area (Å²) in [7, 11) is 0. The monoisotopic (exact) mass is 237 g/mol. The zero-order chi connectivity index (χ0) is 12.1. The zero-order valence-electron chi connectivity index (χ0n) is 9.69. The molecule has 1 aliphatic rings. The Balaban J connectivity index is 1.66. The lowest BCUT2D eigenvalue weighted by Crippen LogP contribution is -2.26. The second-order valence-electron chi connectivity index (χ2n) is 4.14. The van der Waals surface area contributed by atoms with Crippen molar-refractivity contribution in [1.29, 1.82) is 0 Å². The minimum atomic E-state index is -0.264. The molecule has 0 saturated carbocycles. The van der Waals surface area contributed by atoms with Gasteiger partial charge in [-0.1, -0.05) is 0 Å². The van der Waals surface area contributed by atoms with Crippen molar-refractivity contribution in [2.24, 2.45) is 0 Å². The minimum Gasteiger partial charge on any atom is -0.494 e. The summed E-state index contributed by atoms with van der Waals surface area (Å²) in [6.07, 6.45) is 2.46. The lowest BCUT2D eigenvalue weighted by atomic mass is 10.3. The van der Waals surface area contributed by atoms with Crippen molar-refractivity contribution in [3.8, 4) is 5.75 Å². The van der Waals surface area contributed by atoms with Crippen LogP contribution in [0, 0.1) is 5.82 Å². The van der Waals surface area contributed by atoms with E-state index in [-0.39, 0.29) is 11.7 Å². The van der Waals surface area contributed by atoms with E-state index in [0.717, 1.165) is 25.9 Å². The van der Waals surface area contributed by atoms with Crippen LogP contribution < -0.4 is 4.74 Å². The van der Waals surface area contributed by atoms with Gasteiger partial charge < -0.3 is 9.64 Å². The second-order valence-corrected chi connectivity index (χ2v) is 4.14. The average Bonchev–Trinajstić information content (AvgIpc) is 2.73. The van der Waals surface area contributed by atoms with E-state index in [4.69, 9.17) is 4.74 Å². The number of halogens is 1. The van der Waals surface area contributed by atoms with E-state index in [9.17, 15) is 9.18 Å². The first-order valence-corrected chi connectivity index (χ1v) is 5.92. The molecule has 0 radical (unpaired) electrons. The number of benzene rings is 1. The summed E-state index contributed by atoms with van der Waals surface area (Å²) in [6.45, 7) is 2.17. The summed E-state index contributed by atoms with van der Waals surface area (Å²) in [5.74, 6) is 0.644. The van der Waals surface area contributed by atoms with E-state index >= 15 is 0 Å². The maximum absolute atomic E-state index is 12.6. The van der Waals surface area contributed by atoms with Gasteiger partial charge in [0, 0.05) is 19.5 Å². The Bertz CT molecular complexity index is 378. The smallest absolute Gasteiger partial charge is 0.222 e. The highest BCUT2D eigenvalue weighted by Crippen LogP contribution is 2.12. The van der Waals surface area contributed by atoms with E-state index in [1.165, 1.54) is 12.1 Å². The zero-order valence-corrected chi connectivity index (χ0v) is 9.69. The molecule has 1 heterocycles. The first-order chi connectivity index (χ1) is 8.25. The summed E-state index contributed by atoms with van der Waals surface area (Å²) < 4.78 is 18.1. The SMILES string of the molecule is O=C1CCCN1CCCOc1ccc(F)cc1. The molecule has 1 saturated heterocycles. The van der Waals surface area contributed by atoms with Crippen LogP contribution in [0.25, 0.3) is 0 Å². The number of hydrogen-bond acceptors (Lipinski definition) is 2.